The quantitative estimate of drug-likeness (QED) is 0.575. The van der Waals surface area contributed by atoms with Gasteiger partial charge >= 0.3 is 0 Å². The number of benzene rings is 3. The van der Waals surface area contributed by atoms with E-state index in [1.165, 1.54) is 22.4 Å². The van der Waals surface area contributed by atoms with Crippen LogP contribution in [0.1, 0.15) is 22.3 Å². The molecule has 3 rings (SSSR count). The largest absolute Gasteiger partial charge is 0.489 e. The van der Waals surface area contributed by atoms with Crippen LogP contribution in [0.2, 0.25) is 5.02 Å². The van der Waals surface area contributed by atoms with Crippen LogP contribution in [-0.2, 0) is 13.2 Å². The topological polar surface area (TPSA) is 21.3 Å². The van der Waals surface area contributed by atoms with Crippen molar-refractivity contribution in [3.05, 3.63) is 94.0 Å². The Hall–Kier alpha value is -2.45. The summed E-state index contributed by atoms with van der Waals surface area (Å²) >= 11 is 5.99. The Morgan fingerprint density at radius 3 is 2.40 bits per heavy atom. The number of rotatable bonds is 6. The molecular weight excluding hydrogens is 330 g/mol. The zero-order valence-corrected chi connectivity index (χ0v) is 15.3. The highest BCUT2D eigenvalue weighted by Crippen LogP contribution is 2.20. The van der Waals surface area contributed by atoms with Crippen molar-refractivity contribution in [2.75, 3.05) is 5.32 Å². The van der Waals surface area contributed by atoms with Gasteiger partial charge in [-0.3, -0.25) is 0 Å². The van der Waals surface area contributed by atoms with Crippen molar-refractivity contribution in [2.45, 2.75) is 27.0 Å². The highest BCUT2D eigenvalue weighted by Gasteiger charge is 2.01. The molecule has 2 nitrogen and oxygen atoms in total. The van der Waals surface area contributed by atoms with Crippen molar-refractivity contribution in [1.82, 2.24) is 0 Å². The van der Waals surface area contributed by atoms with Gasteiger partial charge in [-0.2, -0.15) is 0 Å². The van der Waals surface area contributed by atoms with Gasteiger partial charge in [-0.15, -0.1) is 0 Å². The summed E-state index contributed by atoms with van der Waals surface area (Å²) in [6, 6.07) is 22.2. The van der Waals surface area contributed by atoms with Crippen molar-refractivity contribution < 1.29 is 4.74 Å². The SMILES string of the molecule is Cc1cccc(NCc2ccc(OCc3cccc(Cl)c3)cc2)c1C. The normalized spacial score (nSPS) is 10.5. The minimum atomic E-state index is 0.515. The van der Waals surface area contributed by atoms with Crippen LogP contribution in [0.5, 0.6) is 5.75 Å². The summed E-state index contributed by atoms with van der Waals surface area (Å²) < 4.78 is 5.82. The lowest BCUT2D eigenvalue weighted by molar-refractivity contribution is 0.306. The average molecular weight is 352 g/mol. The molecule has 0 unspecified atom stereocenters. The molecule has 0 saturated carbocycles. The highest BCUT2D eigenvalue weighted by atomic mass is 35.5. The summed E-state index contributed by atoms with van der Waals surface area (Å²) in [5, 5.41) is 4.23. The zero-order valence-electron chi connectivity index (χ0n) is 14.6. The van der Waals surface area contributed by atoms with E-state index < -0.39 is 0 Å². The molecule has 3 aromatic carbocycles. The summed E-state index contributed by atoms with van der Waals surface area (Å²) in [5.41, 5.74) is 6.06. The maximum atomic E-state index is 5.99. The number of halogens is 1. The van der Waals surface area contributed by atoms with Gasteiger partial charge < -0.3 is 10.1 Å². The van der Waals surface area contributed by atoms with E-state index >= 15 is 0 Å². The van der Waals surface area contributed by atoms with Gasteiger partial charge in [0.1, 0.15) is 12.4 Å². The molecule has 0 heterocycles. The Bertz CT molecular complexity index is 843. The van der Waals surface area contributed by atoms with Crippen molar-refractivity contribution in [3.8, 4) is 5.75 Å². The second-order valence-corrected chi connectivity index (χ2v) is 6.60. The molecule has 0 atom stereocenters. The predicted molar refractivity (Wildman–Crippen MR) is 105 cm³/mol. The third-order valence-corrected chi connectivity index (χ3v) is 4.54. The molecule has 128 valence electrons. The van der Waals surface area contributed by atoms with Crippen LogP contribution >= 0.6 is 11.6 Å². The first-order valence-corrected chi connectivity index (χ1v) is 8.76. The van der Waals surface area contributed by atoms with Gasteiger partial charge in [0.15, 0.2) is 0 Å². The molecule has 1 N–H and O–H groups in total. The number of hydrogen-bond acceptors (Lipinski definition) is 2. The van der Waals surface area contributed by atoms with Crippen LogP contribution in [0.25, 0.3) is 0 Å². The standard InChI is InChI=1S/C22H22ClNO/c1-16-5-3-8-22(17(16)2)24-14-18-9-11-21(12-10-18)25-15-19-6-4-7-20(23)13-19/h3-13,24H,14-15H2,1-2H3. The van der Waals surface area contributed by atoms with Crippen molar-refractivity contribution in [2.24, 2.45) is 0 Å². The monoisotopic (exact) mass is 351 g/mol. The molecular formula is C22H22ClNO. The molecule has 3 aromatic rings. The molecule has 0 bridgehead atoms. The molecule has 0 fully saturated rings. The molecule has 25 heavy (non-hydrogen) atoms. The number of aryl methyl sites for hydroxylation is 1. The van der Waals surface area contributed by atoms with Gasteiger partial charge in [0.05, 0.1) is 0 Å². The first-order valence-electron chi connectivity index (χ1n) is 8.38. The van der Waals surface area contributed by atoms with E-state index in [4.69, 9.17) is 16.3 Å². The lowest BCUT2D eigenvalue weighted by Crippen LogP contribution is -2.02. The summed E-state index contributed by atoms with van der Waals surface area (Å²) in [6.07, 6.45) is 0. The van der Waals surface area contributed by atoms with E-state index in [1.54, 1.807) is 0 Å². The van der Waals surface area contributed by atoms with Crippen molar-refractivity contribution >= 4 is 17.3 Å². The van der Waals surface area contributed by atoms with Crippen LogP contribution in [-0.4, -0.2) is 0 Å². The van der Waals surface area contributed by atoms with Gasteiger partial charge in [0.2, 0.25) is 0 Å². The fourth-order valence-corrected chi connectivity index (χ4v) is 2.85. The highest BCUT2D eigenvalue weighted by molar-refractivity contribution is 6.30. The Labute approximate surface area is 154 Å². The number of anilines is 1. The lowest BCUT2D eigenvalue weighted by Gasteiger charge is -2.12. The van der Waals surface area contributed by atoms with E-state index in [2.05, 4.69) is 49.5 Å². The minimum Gasteiger partial charge on any atom is -0.489 e. The van der Waals surface area contributed by atoms with Gasteiger partial charge in [-0.1, -0.05) is 48.0 Å². The van der Waals surface area contributed by atoms with Crippen molar-refractivity contribution in [1.29, 1.82) is 0 Å². The molecule has 0 aromatic heterocycles. The molecule has 3 heteroatoms. The third kappa shape index (κ3) is 4.77. The van der Waals surface area contributed by atoms with Gasteiger partial charge in [0, 0.05) is 17.3 Å². The molecule has 0 aliphatic heterocycles. The van der Waals surface area contributed by atoms with Crippen LogP contribution in [0.3, 0.4) is 0 Å². The van der Waals surface area contributed by atoms with E-state index in [1.807, 2.05) is 36.4 Å². The minimum absolute atomic E-state index is 0.515. The molecule has 0 radical (unpaired) electrons. The smallest absolute Gasteiger partial charge is 0.119 e. The van der Waals surface area contributed by atoms with Gasteiger partial charge in [-0.25, -0.2) is 0 Å². The summed E-state index contributed by atoms with van der Waals surface area (Å²) in [7, 11) is 0. The summed E-state index contributed by atoms with van der Waals surface area (Å²) in [6.45, 7) is 5.58. The Balaban J connectivity index is 1.56. The second kappa shape index (κ2) is 8.09. The molecule has 0 amide bonds. The predicted octanol–water partition coefficient (Wildman–Crippen LogP) is 6.15. The van der Waals surface area contributed by atoms with E-state index in [0.717, 1.165) is 22.9 Å². The number of nitrogens with one attached hydrogen (secondary N) is 1. The maximum Gasteiger partial charge on any atom is 0.119 e. The van der Waals surface area contributed by atoms with Gasteiger partial charge in [0.25, 0.3) is 0 Å². The Morgan fingerprint density at radius 2 is 1.64 bits per heavy atom. The second-order valence-electron chi connectivity index (χ2n) is 6.16. The third-order valence-electron chi connectivity index (χ3n) is 4.31. The first-order chi connectivity index (χ1) is 12.1. The lowest BCUT2D eigenvalue weighted by atomic mass is 10.1. The molecule has 0 spiro atoms. The average Bonchev–Trinajstić information content (AvgIpc) is 2.62. The van der Waals surface area contributed by atoms with Crippen LogP contribution < -0.4 is 10.1 Å². The summed E-state index contributed by atoms with van der Waals surface area (Å²) in [5.74, 6) is 0.857. The van der Waals surface area contributed by atoms with E-state index in [-0.39, 0.29) is 0 Å². The fourth-order valence-electron chi connectivity index (χ4n) is 2.64. The van der Waals surface area contributed by atoms with Crippen LogP contribution in [0, 0.1) is 13.8 Å². The fraction of sp³-hybridized carbons (Fsp3) is 0.182. The molecule has 0 aliphatic carbocycles. The first kappa shape index (κ1) is 17.4. The number of ether oxygens (including phenoxy) is 1. The van der Waals surface area contributed by atoms with Crippen LogP contribution in [0.15, 0.2) is 66.7 Å². The van der Waals surface area contributed by atoms with Crippen molar-refractivity contribution in [3.63, 3.8) is 0 Å². The summed E-state index contributed by atoms with van der Waals surface area (Å²) in [4.78, 5) is 0. The molecule has 0 aliphatic rings. The number of hydrogen-bond donors (Lipinski definition) is 1. The van der Waals surface area contributed by atoms with E-state index in [9.17, 15) is 0 Å². The Morgan fingerprint density at radius 1 is 0.880 bits per heavy atom. The Kier molecular flexibility index (Phi) is 5.62. The molecule has 0 saturated heterocycles. The van der Waals surface area contributed by atoms with Gasteiger partial charge in [-0.05, 0) is 66.4 Å². The zero-order chi connectivity index (χ0) is 17.6. The maximum absolute atomic E-state index is 5.99. The van der Waals surface area contributed by atoms with Crippen LogP contribution in [0.4, 0.5) is 5.69 Å². The van der Waals surface area contributed by atoms with E-state index in [0.29, 0.717) is 6.61 Å².